The molecule has 2 aromatic rings. The molecule has 1 aromatic carbocycles. The van der Waals surface area contributed by atoms with Crippen molar-refractivity contribution in [3.05, 3.63) is 41.3 Å². The molecule has 1 N–H and O–H groups in total. The Labute approximate surface area is 106 Å². The van der Waals surface area contributed by atoms with E-state index in [1.54, 1.807) is 7.11 Å². The van der Waals surface area contributed by atoms with E-state index in [0.29, 0.717) is 0 Å². The van der Waals surface area contributed by atoms with Crippen LogP contribution in [0.25, 0.3) is 11.3 Å². The lowest BCUT2D eigenvalue weighted by molar-refractivity contribution is 0.103. The molecular weight excluding hydrogens is 232 g/mol. The van der Waals surface area contributed by atoms with Gasteiger partial charge in [-0.05, 0) is 24.7 Å². The fraction of sp³-hybridized carbons (Fsp3) is 0.308. The summed E-state index contributed by atoms with van der Waals surface area (Å²) in [5.41, 5.74) is 2.25. The van der Waals surface area contributed by atoms with Crippen LogP contribution in [0, 0.1) is 4.77 Å². The summed E-state index contributed by atoms with van der Waals surface area (Å²) in [5, 5.41) is 0. The lowest BCUT2D eigenvalue weighted by atomic mass is 10.1. The molecule has 0 saturated heterocycles. The van der Waals surface area contributed by atoms with Crippen LogP contribution in [-0.2, 0) is 11.3 Å². The second-order valence-electron chi connectivity index (χ2n) is 4.00. The minimum atomic E-state index is 0.139. The molecule has 0 aliphatic carbocycles. The molecule has 1 unspecified atom stereocenters. The van der Waals surface area contributed by atoms with Gasteiger partial charge in [0.15, 0.2) is 4.77 Å². The maximum Gasteiger partial charge on any atom is 0.177 e. The Bertz CT molecular complexity index is 530. The van der Waals surface area contributed by atoms with E-state index in [-0.39, 0.29) is 6.10 Å². The largest absolute Gasteiger partial charge is 0.380 e. The number of nitrogens with zero attached hydrogens (tertiary/aromatic N) is 1. The Morgan fingerprint density at radius 1 is 1.35 bits per heavy atom. The van der Waals surface area contributed by atoms with Gasteiger partial charge in [-0.15, -0.1) is 0 Å². The lowest BCUT2D eigenvalue weighted by Gasteiger charge is -2.13. The molecule has 1 aromatic heterocycles. The molecule has 1 atom stereocenters. The molecule has 0 amide bonds. The normalized spacial score (nSPS) is 12.6. The predicted octanol–water partition coefficient (Wildman–Crippen LogP) is 3.25. The van der Waals surface area contributed by atoms with Crippen LogP contribution in [0.2, 0.25) is 0 Å². The van der Waals surface area contributed by atoms with Crippen LogP contribution in [-0.4, -0.2) is 22.8 Å². The molecule has 0 spiro atoms. The average molecular weight is 248 g/mol. The van der Waals surface area contributed by atoms with Crippen LogP contribution in [0.4, 0.5) is 0 Å². The fourth-order valence-corrected chi connectivity index (χ4v) is 1.99. The highest BCUT2D eigenvalue weighted by atomic mass is 32.1. The van der Waals surface area contributed by atoms with E-state index in [2.05, 4.69) is 21.7 Å². The third kappa shape index (κ3) is 2.65. The van der Waals surface area contributed by atoms with Crippen molar-refractivity contribution in [1.29, 1.82) is 0 Å². The number of hydrogen-bond donors (Lipinski definition) is 1. The number of benzene rings is 1. The first kappa shape index (κ1) is 12.1. The smallest absolute Gasteiger partial charge is 0.177 e. The SMILES string of the molecule is COC(C)Cn1c(-c2ccccc2)c[nH]c1=S. The van der Waals surface area contributed by atoms with Crippen LogP contribution in [0.15, 0.2) is 36.5 Å². The predicted molar refractivity (Wildman–Crippen MR) is 71.5 cm³/mol. The number of aromatic nitrogens is 2. The Morgan fingerprint density at radius 2 is 2.06 bits per heavy atom. The van der Waals surface area contributed by atoms with E-state index in [9.17, 15) is 0 Å². The first-order valence-electron chi connectivity index (χ1n) is 5.59. The molecule has 3 nitrogen and oxygen atoms in total. The highest BCUT2D eigenvalue weighted by Crippen LogP contribution is 2.19. The van der Waals surface area contributed by atoms with Crippen LogP contribution in [0.5, 0.6) is 0 Å². The van der Waals surface area contributed by atoms with Crippen molar-refractivity contribution in [3.63, 3.8) is 0 Å². The highest BCUT2D eigenvalue weighted by Gasteiger charge is 2.09. The van der Waals surface area contributed by atoms with Gasteiger partial charge in [0.05, 0.1) is 18.3 Å². The van der Waals surface area contributed by atoms with Crippen molar-refractivity contribution in [2.75, 3.05) is 7.11 Å². The summed E-state index contributed by atoms with van der Waals surface area (Å²) < 4.78 is 8.09. The maximum absolute atomic E-state index is 5.29. The Hall–Kier alpha value is -1.39. The van der Waals surface area contributed by atoms with Crippen LogP contribution in [0.1, 0.15) is 6.92 Å². The molecule has 1 heterocycles. The molecule has 0 aliphatic rings. The summed E-state index contributed by atoms with van der Waals surface area (Å²) in [4.78, 5) is 3.09. The molecule has 4 heteroatoms. The summed E-state index contributed by atoms with van der Waals surface area (Å²) in [5.74, 6) is 0. The van der Waals surface area contributed by atoms with Crippen LogP contribution < -0.4 is 0 Å². The van der Waals surface area contributed by atoms with Crippen molar-refractivity contribution in [2.45, 2.75) is 19.6 Å². The minimum absolute atomic E-state index is 0.139. The quantitative estimate of drug-likeness (QED) is 0.842. The Kier molecular flexibility index (Phi) is 3.76. The molecule has 90 valence electrons. The fourth-order valence-electron chi connectivity index (χ4n) is 1.76. The minimum Gasteiger partial charge on any atom is -0.380 e. The van der Waals surface area contributed by atoms with Gasteiger partial charge >= 0.3 is 0 Å². The number of rotatable bonds is 4. The van der Waals surface area contributed by atoms with Crippen molar-refractivity contribution in [1.82, 2.24) is 9.55 Å². The van der Waals surface area contributed by atoms with Gasteiger partial charge in [0.2, 0.25) is 0 Å². The summed E-state index contributed by atoms with van der Waals surface area (Å²) in [6.07, 6.45) is 2.08. The van der Waals surface area contributed by atoms with Gasteiger partial charge < -0.3 is 14.3 Å². The molecule has 0 saturated carbocycles. The zero-order valence-electron chi connectivity index (χ0n) is 10.0. The van der Waals surface area contributed by atoms with Gasteiger partial charge in [0.1, 0.15) is 0 Å². The summed E-state index contributed by atoms with van der Waals surface area (Å²) in [7, 11) is 1.71. The number of ether oxygens (including phenoxy) is 1. The second kappa shape index (κ2) is 5.29. The third-order valence-corrected chi connectivity index (χ3v) is 3.12. The first-order chi connectivity index (χ1) is 8.22. The van der Waals surface area contributed by atoms with E-state index >= 15 is 0 Å². The number of aromatic amines is 1. The zero-order valence-corrected chi connectivity index (χ0v) is 10.8. The highest BCUT2D eigenvalue weighted by molar-refractivity contribution is 7.71. The van der Waals surface area contributed by atoms with Gasteiger partial charge in [0, 0.05) is 13.3 Å². The Balaban J connectivity index is 2.39. The van der Waals surface area contributed by atoms with Gasteiger partial charge in [0.25, 0.3) is 0 Å². The number of imidazole rings is 1. The van der Waals surface area contributed by atoms with Gasteiger partial charge in [-0.2, -0.15) is 0 Å². The van der Waals surface area contributed by atoms with Crippen LogP contribution in [0.3, 0.4) is 0 Å². The molecule has 0 aliphatic heterocycles. The molecular formula is C13H16N2OS. The summed E-state index contributed by atoms with van der Waals surface area (Å²) in [6, 6.07) is 10.2. The number of nitrogens with one attached hydrogen (secondary N) is 1. The van der Waals surface area contributed by atoms with E-state index in [0.717, 1.165) is 22.6 Å². The van der Waals surface area contributed by atoms with Gasteiger partial charge in [-0.3, -0.25) is 0 Å². The number of H-pyrrole nitrogens is 1. The molecule has 0 bridgehead atoms. The Morgan fingerprint density at radius 3 is 2.71 bits per heavy atom. The lowest BCUT2D eigenvalue weighted by Crippen LogP contribution is -2.15. The van der Waals surface area contributed by atoms with Crippen molar-refractivity contribution >= 4 is 12.2 Å². The summed E-state index contributed by atoms with van der Waals surface area (Å²) >= 11 is 5.29. The van der Waals surface area contributed by atoms with Crippen LogP contribution >= 0.6 is 12.2 Å². The number of methoxy groups -OCH3 is 1. The summed E-state index contributed by atoms with van der Waals surface area (Å²) in [6.45, 7) is 2.78. The van der Waals surface area contributed by atoms with Crippen molar-refractivity contribution < 1.29 is 4.74 Å². The maximum atomic E-state index is 5.29. The van der Waals surface area contributed by atoms with Gasteiger partial charge in [-0.1, -0.05) is 30.3 Å². The topological polar surface area (TPSA) is 29.9 Å². The van der Waals surface area contributed by atoms with E-state index < -0.39 is 0 Å². The molecule has 17 heavy (non-hydrogen) atoms. The second-order valence-corrected chi connectivity index (χ2v) is 4.39. The van der Waals surface area contributed by atoms with E-state index in [4.69, 9.17) is 17.0 Å². The van der Waals surface area contributed by atoms with E-state index in [1.165, 1.54) is 0 Å². The van der Waals surface area contributed by atoms with Crippen molar-refractivity contribution in [2.24, 2.45) is 0 Å². The van der Waals surface area contributed by atoms with Gasteiger partial charge in [-0.25, -0.2) is 0 Å². The van der Waals surface area contributed by atoms with E-state index in [1.807, 2.05) is 31.3 Å². The zero-order chi connectivity index (χ0) is 12.3. The third-order valence-electron chi connectivity index (χ3n) is 2.78. The first-order valence-corrected chi connectivity index (χ1v) is 5.99. The standard InChI is InChI=1S/C13H16N2OS/c1-10(16-2)9-15-12(8-14-13(15)17)11-6-4-3-5-7-11/h3-8,10H,9H2,1-2H3,(H,14,17). The number of hydrogen-bond acceptors (Lipinski definition) is 2. The monoisotopic (exact) mass is 248 g/mol. The average Bonchev–Trinajstić information content (AvgIpc) is 2.72. The molecule has 2 rings (SSSR count). The molecule has 0 radical (unpaired) electrons. The molecule has 0 fully saturated rings. The van der Waals surface area contributed by atoms with Crippen molar-refractivity contribution in [3.8, 4) is 11.3 Å².